The van der Waals surface area contributed by atoms with E-state index in [4.69, 9.17) is 4.74 Å². The van der Waals surface area contributed by atoms with Crippen molar-refractivity contribution >= 4 is 5.78 Å². The summed E-state index contributed by atoms with van der Waals surface area (Å²) >= 11 is 0. The van der Waals surface area contributed by atoms with Gasteiger partial charge in [0, 0.05) is 5.56 Å². The van der Waals surface area contributed by atoms with Gasteiger partial charge >= 0.3 is 0 Å². The lowest BCUT2D eigenvalue weighted by atomic mass is 9.97. The van der Waals surface area contributed by atoms with Gasteiger partial charge in [0.05, 0.1) is 7.11 Å². The van der Waals surface area contributed by atoms with Crippen molar-refractivity contribution in [2.75, 3.05) is 7.11 Å². The summed E-state index contributed by atoms with van der Waals surface area (Å²) in [6.07, 6.45) is 0.481. The van der Waals surface area contributed by atoms with E-state index in [1.807, 2.05) is 13.8 Å². The highest BCUT2D eigenvalue weighted by Gasteiger charge is 2.21. The fourth-order valence-electron chi connectivity index (χ4n) is 1.59. The maximum absolute atomic E-state index is 12.0. The van der Waals surface area contributed by atoms with Crippen molar-refractivity contribution in [1.82, 2.24) is 0 Å². The number of nitroso groups, excluding NO2 is 1. The molecule has 0 aliphatic rings. The lowest BCUT2D eigenvalue weighted by Crippen LogP contribution is -2.20. The Balaban J connectivity index is 2.82. The summed E-state index contributed by atoms with van der Waals surface area (Å²) in [5.74, 6) is 0.720. The Kier molecular flexibility index (Phi) is 4.82. The molecule has 1 rings (SSSR count). The summed E-state index contributed by atoms with van der Waals surface area (Å²) in [5, 5.41) is 2.92. The molecule has 1 atom stereocenters. The number of hydrogen-bond donors (Lipinski definition) is 0. The second kappa shape index (κ2) is 6.13. The van der Waals surface area contributed by atoms with Crippen LogP contribution in [0, 0.1) is 10.8 Å². The minimum atomic E-state index is -0.789. The van der Waals surface area contributed by atoms with Gasteiger partial charge in [-0.3, -0.25) is 4.79 Å². The Morgan fingerprint density at radius 1 is 1.29 bits per heavy atom. The number of hydrogen-bond acceptors (Lipinski definition) is 4. The fourth-order valence-corrected chi connectivity index (χ4v) is 1.59. The third-order valence-corrected chi connectivity index (χ3v) is 2.50. The molecule has 0 amide bonds. The Morgan fingerprint density at radius 3 is 2.29 bits per heavy atom. The summed E-state index contributed by atoms with van der Waals surface area (Å²) in [5.41, 5.74) is 0.496. The van der Waals surface area contributed by atoms with Gasteiger partial charge in [-0.2, -0.15) is 4.91 Å². The summed E-state index contributed by atoms with van der Waals surface area (Å²) in [6.45, 7) is 3.92. The molecule has 92 valence electrons. The van der Waals surface area contributed by atoms with Crippen LogP contribution in [0.15, 0.2) is 29.4 Å². The van der Waals surface area contributed by atoms with E-state index in [2.05, 4.69) is 5.18 Å². The Labute approximate surface area is 101 Å². The first-order valence-corrected chi connectivity index (χ1v) is 5.59. The fraction of sp³-hybridized carbons (Fsp3) is 0.462. The van der Waals surface area contributed by atoms with Crippen LogP contribution < -0.4 is 4.74 Å². The summed E-state index contributed by atoms with van der Waals surface area (Å²) < 4.78 is 5.00. The number of Topliss-reactive ketones (excluding diaryl/α,β-unsaturated/α-hetero) is 1. The minimum absolute atomic E-state index is 0.226. The number of benzene rings is 1. The second-order valence-electron chi connectivity index (χ2n) is 4.34. The molecule has 0 saturated heterocycles. The number of rotatable bonds is 6. The molecule has 1 unspecified atom stereocenters. The van der Waals surface area contributed by atoms with Crippen molar-refractivity contribution in [3.05, 3.63) is 34.7 Å². The van der Waals surface area contributed by atoms with Gasteiger partial charge in [0.25, 0.3) is 0 Å². The quantitative estimate of drug-likeness (QED) is 0.562. The lowest BCUT2D eigenvalue weighted by Gasteiger charge is -2.10. The highest BCUT2D eigenvalue weighted by atomic mass is 16.5. The van der Waals surface area contributed by atoms with Crippen molar-refractivity contribution in [2.24, 2.45) is 11.1 Å². The number of ether oxygens (including phenoxy) is 1. The SMILES string of the molecule is COc1ccc(C(=O)C(CC(C)C)N=O)cc1. The molecular weight excluding hydrogens is 218 g/mol. The van der Waals surface area contributed by atoms with Gasteiger partial charge in [-0.1, -0.05) is 19.0 Å². The molecule has 0 spiro atoms. The normalized spacial score (nSPS) is 12.2. The van der Waals surface area contributed by atoms with Gasteiger partial charge in [-0.05, 0) is 36.6 Å². The van der Waals surface area contributed by atoms with Crippen molar-refractivity contribution in [3.63, 3.8) is 0 Å². The van der Waals surface area contributed by atoms with Crippen LogP contribution in [0.5, 0.6) is 5.75 Å². The van der Waals surface area contributed by atoms with Crippen molar-refractivity contribution in [3.8, 4) is 5.75 Å². The van der Waals surface area contributed by atoms with E-state index < -0.39 is 6.04 Å². The molecule has 1 aromatic rings. The minimum Gasteiger partial charge on any atom is -0.497 e. The Morgan fingerprint density at radius 2 is 1.88 bits per heavy atom. The molecule has 0 N–H and O–H groups in total. The van der Waals surface area contributed by atoms with Crippen molar-refractivity contribution in [1.29, 1.82) is 0 Å². The number of methoxy groups -OCH3 is 1. The van der Waals surface area contributed by atoms with E-state index in [0.717, 1.165) is 0 Å². The lowest BCUT2D eigenvalue weighted by molar-refractivity contribution is 0.0951. The van der Waals surface area contributed by atoms with E-state index in [-0.39, 0.29) is 11.7 Å². The largest absolute Gasteiger partial charge is 0.497 e. The zero-order valence-electron chi connectivity index (χ0n) is 10.3. The van der Waals surface area contributed by atoms with E-state index in [9.17, 15) is 9.70 Å². The smallest absolute Gasteiger partial charge is 0.190 e. The number of carbonyl (C=O) groups excluding carboxylic acids is 1. The van der Waals surface area contributed by atoms with Crippen LogP contribution in [0.4, 0.5) is 0 Å². The molecule has 0 bridgehead atoms. The molecule has 1 aromatic carbocycles. The molecule has 0 aliphatic carbocycles. The monoisotopic (exact) mass is 235 g/mol. The number of carbonyl (C=O) groups is 1. The zero-order chi connectivity index (χ0) is 12.8. The van der Waals surface area contributed by atoms with E-state index in [0.29, 0.717) is 17.7 Å². The maximum atomic E-state index is 12.0. The van der Waals surface area contributed by atoms with Crippen LogP contribution in [0.3, 0.4) is 0 Å². The Bertz CT molecular complexity index is 384. The summed E-state index contributed by atoms with van der Waals surface area (Å²) in [4.78, 5) is 22.7. The van der Waals surface area contributed by atoms with Gasteiger partial charge in [-0.15, -0.1) is 0 Å². The van der Waals surface area contributed by atoms with Crippen LogP contribution in [-0.2, 0) is 0 Å². The first kappa shape index (κ1) is 13.4. The molecular formula is C13H17NO3. The highest BCUT2D eigenvalue weighted by Crippen LogP contribution is 2.17. The second-order valence-corrected chi connectivity index (χ2v) is 4.34. The van der Waals surface area contributed by atoms with Crippen LogP contribution in [-0.4, -0.2) is 18.9 Å². The van der Waals surface area contributed by atoms with Gasteiger partial charge in [0.2, 0.25) is 0 Å². The molecule has 0 aromatic heterocycles. The molecule has 0 heterocycles. The third-order valence-electron chi connectivity index (χ3n) is 2.50. The molecule has 0 radical (unpaired) electrons. The van der Waals surface area contributed by atoms with Crippen molar-refractivity contribution < 1.29 is 9.53 Å². The molecule has 4 heteroatoms. The molecule has 17 heavy (non-hydrogen) atoms. The molecule has 0 saturated carbocycles. The van der Waals surface area contributed by atoms with E-state index >= 15 is 0 Å². The van der Waals surface area contributed by atoms with Gasteiger partial charge in [-0.25, -0.2) is 0 Å². The average molecular weight is 235 g/mol. The van der Waals surface area contributed by atoms with Gasteiger partial charge in [0.1, 0.15) is 5.75 Å². The zero-order valence-corrected chi connectivity index (χ0v) is 10.3. The molecule has 0 fully saturated rings. The van der Waals surface area contributed by atoms with Crippen LogP contribution in [0.2, 0.25) is 0 Å². The average Bonchev–Trinajstić information content (AvgIpc) is 2.35. The maximum Gasteiger partial charge on any atom is 0.190 e. The predicted molar refractivity (Wildman–Crippen MR) is 66.4 cm³/mol. The number of ketones is 1. The first-order valence-electron chi connectivity index (χ1n) is 5.59. The van der Waals surface area contributed by atoms with Crippen LogP contribution >= 0.6 is 0 Å². The van der Waals surface area contributed by atoms with Crippen molar-refractivity contribution in [2.45, 2.75) is 26.3 Å². The van der Waals surface area contributed by atoms with Crippen LogP contribution in [0.25, 0.3) is 0 Å². The first-order chi connectivity index (χ1) is 8.08. The molecule has 0 aliphatic heterocycles. The summed E-state index contributed by atoms with van der Waals surface area (Å²) in [6, 6.07) is 5.91. The third kappa shape index (κ3) is 3.66. The molecule has 4 nitrogen and oxygen atoms in total. The standard InChI is InChI=1S/C13H17NO3/c1-9(2)8-12(14-16)13(15)10-4-6-11(17-3)7-5-10/h4-7,9,12H,8H2,1-3H3. The highest BCUT2D eigenvalue weighted by molar-refractivity contribution is 6.00. The Hall–Kier alpha value is -1.71. The number of nitrogens with zero attached hydrogens (tertiary/aromatic N) is 1. The topological polar surface area (TPSA) is 55.7 Å². The van der Waals surface area contributed by atoms with E-state index in [1.54, 1.807) is 31.4 Å². The van der Waals surface area contributed by atoms with Crippen LogP contribution in [0.1, 0.15) is 30.6 Å². The van der Waals surface area contributed by atoms with Gasteiger partial charge in [0.15, 0.2) is 11.8 Å². The summed E-state index contributed by atoms with van der Waals surface area (Å²) in [7, 11) is 1.56. The van der Waals surface area contributed by atoms with Gasteiger partial charge < -0.3 is 4.74 Å². The van der Waals surface area contributed by atoms with E-state index in [1.165, 1.54) is 0 Å². The predicted octanol–water partition coefficient (Wildman–Crippen LogP) is 3.06.